The fourth-order valence-corrected chi connectivity index (χ4v) is 3.33. The molecule has 0 aliphatic heterocycles. The molecule has 0 N–H and O–H groups in total. The average molecular weight is 337 g/mol. The minimum absolute atomic E-state index is 0.813. The van der Waals surface area contributed by atoms with Crippen LogP contribution in [0, 0.1) is 0 Å². The highest BCUT2D eigenvalue weighted by molar-refractivity contribution is 7.13. The van der Waals surface area contributed by atoms with Crippen molar-refractivity contribution in [3.05, 3.63) is 65.0 Å². The van der Waals surface area contributed by atoms with Crippen molar-refractivity contribution in [2.24, 2.45) is 0 Å². The lowest BCUT2D eigenvalue weighted by atomic mass is 10.1. The standard InChI is InChI=1S/C17H11N3OS2/c1-2-13(21-7-1)4-3-12-10-14(16-18-5-8-22-16)20-15(11-12)17-19-6-9-23-17/h1-11H/b4-3+. The Hall–Kier alpha value is -2.57. The molecule has 0 amide bonds. The molecule has 0 aliphatic carbocycles. The summed E-state index contributed by atoms with van der Waals surface area (Å²) in [6.45, 7) is 0. The molecule has 0 saturated heterocycles. The molecule has 0 fully saturated rings. The largest absolute Gasteiger partial charge is 0.465 e. The summed E-state index contributed by atoms with van der Waals surface area (Å²) in [5.41, 5.74) is 2.74. The highest BCUT2D eigenvalue weighted by Crippen LogP contribution is 2.27. The van der Waals surface area contributed by atoms with Crippen LogP contribution in [0.5, 0.6) is 0 Å². The Morgan fingerprint density at radius 2 is 1.61 bits per heavy atom. The maximum Gasteiger partial charge on any atom is 0.141 e. The average Bonchev–Trinajstić information content (AvgIpc) is 3.36. The molecular formula is C17H11N3OS2. The second-order valence-electron chi connectivity index (χ2n) is 4.69. The first-order valence-corrected chi connectivity index (χ1v) is 8.68. The van der Waals surface area contributed by atoms with Gasteiger partial charge in [-0.1, -0.05) is 6.08 Å². The van der Waals surface area contributed by atoms with Gasteiger partial charge in [0.2, 0.25) is 0 Å². The zero-order valence-corrected chi connectivity index (χ0v) is 13.6. The molecule has 0 unspecified atom stereocenters. The van der Waals surface area contributed by atoms with Crippen LogP contribution in [-0.4, -0.2) is 15.0 Å². The summed E-state index contributed by atoms with van der Waals surface area (Å²) in [6.07, 6.45) is 9.18. The van der Waals surface area contributed by atoms with Gasteiger partial charge < -0.3 is 4.42 Å². The Bertz CT molecular complexity index is 859. The number of hydrogen-bond acceptors (Lipinski definition) is 6. The van der Waals surface area contributed by atoms with E-state index >= 15 is 0 Å². The van der Waals surface area contributed by atoms with Crippen molar-refractivity contribution in [1.29, 1.82) is 0 Å². The van der Waals surface area contributed by atoms with E-state index in [4.69, 9.17) is 9.40 Å². The second kappa shape index (κ2) is 6.28. The third kappa shape index (κ3) is 3.13. The summed E-state index contributed by atoms with van der Waals surface area (Å²) in [4.78, 5) is 13.4. The Morgan fingerprint density at radius 1 is 0.913 bits per heavy atom. The van der Waals surface area contributed by atoms with E-state index in [1.54, 1.807) is 41.3 Å². The molecule has 0 aliphatic rings. The molecule has 4 aromatic rings. The molecular weight excluding hydrogens is 326 g/mol. The normalized spacial score (nSPS) is 11.3. The third-order valence-corrected chi connectivity index (χ3v) is 4.72. The first-order chi connectivity index (χ1) is 11.4. The number of furan rings is 1. The number of thiazole rings is 2. The smallest absolute Gasteiger partial charge is 0.141 e. The van der Waals surface area contributed by atoms with Crippen LogP contribution in [0.4, 0.5) is 0 Å². The van der Waals surface area contributed by atoms with Crippen molar-refractivity contribution < 1.29 is 4.42 Å². The minimum Gasteiger partial charge on any atom is -0.465 e. The molecule has 4 nitrogen and oxygen atoms in total. The molecule has 0 saturated carbocycles. The second-order valence-corrected chi connectivity index (χ2v) is 6.48. The minimum atomic E-state index is 0.813. The molecule has 0 aromatic carbocycles. The summed E-state index contributed by atoms with van der Waals surface area (Å²) in [5, 5.41) is 5.70. The molecule has 0 bridgehead atoms. The van der Waals surface area contributed by atoms with Crippen molar-refractivity contribution in [2.75, 3.05) is 0 Å². The first-order valence-electron chi connectivity index (χ1n) is 6.92. The summed E-state index contributed by atoms with van der Waals surface area (Å²) < 4.78 is 5.34. The number of aromatic nitrogens is 3. The molecule has 4 heterocycles. The van der Waals surface area contributed by atoms with E-state index in [-0.39, 0.29) is 0 Å². The Kier molecular flexibility index (Phi) is 3.83. The summed E-state index contributed by atoms with van der Waals surface area (Å²) >= 11 is 3.15. The van der Waals surface area contributed by atoms with Crippen molar-refractivity contribution in [1.82, 2.24) is 15.0 Å². The van der Waals surface area contributed by atoms with Gasteiger partial charge >= 0.3 is 0 Å². The number of rotatable bonds is 4. The third-order valence-electron chi connectivity index (χ3n) is 3.13. The van der Waals surface area contributed by atoms with Crippen molar-refractivity contribution in [2.45, 2.75) is 0 Å². The zero-order valence-electron chi connectivity index (χ0n) is 11.9. The fraction of sp³-hybridized carbons (Fsp3) is 0. The van der Waals surface area contributed by atoms with Gasteiger partial charge in [0.1, 0.15) is 27.2 Å². The van der Waals surface area contributed by atoms with Gasteiger partial charge in [0.15, 0.2) is 0 Å². The van der Waals surface area contributed by atoms with Crippen LogP contribution in [0.3, 0.4) is 0 Å². The van der Waals surface area contributed by atoms with Crippen LogP contribution in [0.2, 0.25) is 0 Å². The lowest BCUT2D eigenvalue weighted by Crippen LogP contribution is -1.89. The van der Waals surface area contributed by atoms with Crippen LogP contribution in [0.1, 0.15) is 11.3 Å². The van der Waals surface area contributed by atoms with Gasteiger partial charge in [-0.3, -0.25) is 0 Å². The summed E-state index contributed by atoms with van der Waals surface area (Å²) in [7, 11) is 0. The van der Waals surface area contributed by atoms with Gasteiger partial charge in [0.25, 0.3) is 0 Å². The maximum atomic E-state index is 5.34. The lowest BCUT2D eigenvalue weighted by Gasteiger charge is -2.03. The molecule has 23 heavy (non-hydrogen) atoms. The molecule has 4 rings (SSSR count). The topological polar surface area (TPSA) is 51.8 Å². The Balaban J connectivity index is 1.78. The monoisotopic (exact) mass is 337 g/mol. The quantitative estimate of drug-likeness (QED) is 0.520. The molecule has 4 aromatic heterocycles. The predicted molar refractivity (Wildman–Crippen MR) is 94.1 cm³/mol. The highest BCUT2D eigenvalue weighted by atomic mass is 32.1. The van der Waals surface area contributed by atoms with E-state index < -0.39 is 0 Å². The van der Waals surface area contributed by atoms with Crippen LogP contribution in [0.25, 0.3) is 33.6 Å². The van der Waals surface area contributed by atoms with E-state index in [0.29, 0.717) is 0 Å². The van der Waals surface area contributed by atoms with Crippen molar-refractivity contribution >= 4 is 34.8 Å². The highest BCUT2D eigenvalue weighted by Gasteiger charge is 2.09. The zero-order chi connectivity index (χ0) is 15.5. The van der Waals surface area contributed by atoms with Gasteiger partial charge in [-0.05, 0) is 35.9 Å². The lowest BCUT2D eigenvalue weighted by molar-refractivity contribution is 0.557. The molecule has 6 heteroatoms. The Labute approximate surface area is 140 Å². The van der Waals surface area contributed by atoms with Gasteiger partial charge in [-0.15, -0.1) is 22.7 Å². The molecule has 0 radical (unpaired) electrons. The number of nitrogens with zero attached hydrogens (tertiary/aromatic N) is 3. The maximum absolute atomic E-state index is 5.34. The van der Waals surface area contributed by atoms with Gasteiger partial charge in [0, 0.05) is 23.2 Å². The first kappa shape index (κ1) is 14.0. The number of hydrogen-bond donors (Lipinski definition) is 0. The Morgan fingerprint density at radius 3 is 2.13 bits per heavy atom. The van der Waals surface area contributed by atoms with Crippen molar-refractivity contribution in [3.8, 4) is 21.4 Å². The van der Waals surface area contributed by atoms with E-state index in [9.17, 15) is 0 Å². The van der Waals surface area contributed by atoms with Crippen LogP contribution in [0.15, 0.2) is 58.1 Å². The molecule has 0 atom stereocenters. The van der Waals surface area contributed by atoms with Crippen LogP contribution in [-0.2, 0) is 0 Å². The van der Waals surface area contributed by atoms with Gasteiger partial charge in [0.05, 0.1) is 6.26 Å². The van der Waals surface area contributed by atoms with Crippen molar-refractivity contribution in [3.63, 3.8) is 0 Å². The van der Waals surface area contributed by atoms with Gasteiger partial charge in [-0.25, -0.2) is 15.0 Å². The molecule has 112 valence electrons. The van der Waals surface area contributed by atoms with E-state index in [0.717, 1.165) is 32.7 Å². The summed E-state index contributed by atoms with van der Waals surface area (Å²) in [5.74, 6) is 0.813. The van der Waals surface area contributed by atoms with Gasteiger partial charge in [-0.2, -0.15) is 0 Å². The summed E-state index contributed by atoms with van der Waals surface area (Å²) in [6, 6.07) is 7.83. The van der Waals surface area contributed by atoms with E-state index in [1.807, 2.05) is 47.2 Å². The predicted octanol–water partition coefficient (Wildman–Crippen LogP) is 5.09. The van der Waals surface area contributed by atoms with E-state index in [1.165, 1.54) is 0 Å². The van der Waals surface area contributed by atoms with Crippen LogP contribution >= 0.6 is 22.7 Å². The molecule has 0 spiro atoms. The SMILES string of the molecule is C(=C\c1ccco1)/c1cc(-c2nccs2)nc(-c2nccs2)c1. The van der Waals surface area contributed by atoms with Crippen LogP contribution < -0.4 is 0 Å². The van der Waals surface area contributed by atoms with E-state index in [2.05, 4.69) is 9.97 Å². The fourth-order valence-electron chi connectivity index (χ4n) is 2.13. The number of pyridine rings is 1.